The molecule has 37 heavy (non-hydrogen) atoms. The van der Waals surface area contributed by atoms with Crippen molar-refractivity contribution < 1.29 is 40.7 Å². The molecule has 2 atom stereocenters. The Morgan fingerprint density at radius 3 is 2.03 bits per heavy atom. The first-order valence-corrected chi connectivity index (χ1v) is 12.4. The second kappa shape index (κ2) is 11.6. The maximum Gasteiger partial charge on any atom is 0.393 e. The summed E-state index contributed by atoms with van der Waals surface area (Å²) < 4.78 is 80.5. The highest BCUT2D eigenvalue weighted by molar-refractivity contribution is 9.10. The molecule has 3 rings (SSSR count). The van der Waals surface area contributed by atoms with Crippen molar-refractivity contribution in [3.63, 3.8) is 0 Å². The number of nitrogens with zero attached hydrogens (tertiary/aromatic N) is 3. The van der Waals surface area contributed by atoms with Crippen molar-refractivity contribution in [2.24, 2.45) is 11.8 Å². The lowest BCUT2D eigenvalue weighted by Crippen LogP contribution is -2.51. The molecule has 2 heterocycles. The van der Waals surface area contributed by atoms with E-state index in [1.54, 1.807) is 4.90 Å². The van der Waals surface area contributed by atoms with E-state index >= 15 is 0 Å². The molecule has 0 aromatic heterocycles. The number of alkyl halides is 6. The lowest BCUT2D eigenvalue weighted by Gasteiger charge is -2.39. The molecule has 0 bridgehead atoms. The molecule has 0 radical (unpaired) electrons. The van der Waals surface area contributed by atoms with E-state index in [-0.39, 0.29) is 30.0 Å². The molecule has 2 aliphatic rings. The van der Waals surface area contributed by atoms with Crippen LogP contribution in [0, 0.1) is 11.8 Å². The Labute approximate surface area is 218 Å². The third kappa shape index (κ3) is 7.82. The third-order valence-electron chi connectivity index (χ3n) is 6.57. The van der Waals surface area contributed by atoms with Crippen LogP contribution in [0.1, 0.15) is 29.6 Å². The van der Waals surface area contributed by atoms with Gasteiger partial charge < -0.3 is 20.0 Å². The minimum Gasteiger partial charge on any atom is -0.340 e. The number of carbonyl (C=O) groups excluding carboxylic acids is 3. The van der Waals surface area contributed by atoms with E-state index in [1.165, 1.54) is 18.2 Å². The van der Waals surface area contributed by atoms with Gasteiger partial charge in [-0.1, -0.05) is 15.9 Å². The fourth-order valence-corrected chi connectivity index (χ4v) is 4.72. The first kappa shape index (κ1) is 29.2. The number of hydrogen-bond acceptors (Lipinski definition) is 4. The Hall–Kier alpha value is -2.35. The molecule has 7 nitrogen and oxygen atoms in total. The van der Waals surface area contributed by atoms with Crippen LogP contribution in [0.15, 0.2) is 22.7 Å². The highest BCUT2D eigenvalue weighted by Crippen LogP contribution is 2.42. The van der Waals surface area contributed by atoms with Gasteiger partial charge in [-0.05, 0) is 31.7 Å². The Morgan fingerprint density at radius 2 is 1.49 bits per heavy atom. The summed E-state index contributed by atoms with van der Waals surface area (Å²) >= 11 is 3.14. The Balaban J connectivity index is 1.72. The van der Waals surface area contributed by atoms with Crippen molar-refractivity contribution in [3.05, 3.63) is 28.2 Å². The number of piperazine rings is 1. The lowest BCUT2D eigenvalue weighted by atomic mass is 9.87. The standard InChI is InChI=1S/C23H27BrF6N4O3/c1-32-6-8-33(9-7-32)20(36)5-4-19(35)31-18-3-2-16(24)11-17(18)21(37)34-12-14(22(25,26)27)10-15(13-34)23(28,29)30/h2-3,11,14-15H,4-10,12-13H2,1H3,(H,31,35)/t14-,15+. The Kier molecular flexibility index (Phi) is 9.14. The van der Waals surface area contributed by atoms with Crippen LogP contribution in [0.4, 0.5) is 32.0 Å². The van der Waals surface area contributed by atoms with Gasteiger partial charge in [-0.2, -0.15) is 26.3 Å². The average molecular weight is 601 g/mol. The van der Waals surface area contributed by atoms with E-state index in [1.807, 2.05) is 7.05 Å². The van der Waals surface area contributed by atoms with E-state index < -0.39 is 55.5 Å². The van der Waals surface area contributed by atoms with Crippen molar-refractivity contribution in [1.29, 1.82) is 0 Å². The maximum atomic E-state index is 13.4. The molecule has 0 aliphatic carbocycles. The number of anilines is 1. The number of carbonyl (C=O) groups is 3. The molecule has 2 aliphatic heterocycles. The van der Waals surface area contributed by atoms with Crippen LogP contribution < -0.4 is 5.32 Å². The van der Waals surface area contributed by atoms with E-state index in [0.29, 0.717) is 35.6 Å². The zero-order valence-corrected chi connectivity index (χ0v) is 21.5. The lowest BCUT2D eigenvalue weighted by molar-refractivity contribution is -0.226. The van der Waals surface area contributed by atoms with Crippen molar-refractivity contribution in [2.45, 2.75) is 31.6 Å². The number of rotatable bonds is 5. The third-order valence-corrected chi connectivity index (χ3v) is 7.06. The minimum absolute atomic E-state index is 0.0667. The van der Waals surface area contributed by atoms with Crippen molar-refractivity contribution >= 4 is 39.3 Å². The number of piperidine rings is 1. The molecule has 2 fully saturated rings. The van der Waals surface area contributed by atoms with Crippen LogP contribution in [0.5, 0.6) is 0 Å². The van der Waals surface area contributed by atoms with Crippen molar-refractivity contribution in [3.8, 4) is 0 Å². The highest BCUT2D eigenvalue weighted by Gasteiger charge is 2.52. The zero-order valence-electron chi connectivity index (χ0n) is 20.0. The fourth-order valence-electron chi connectivity index (χ4n) is 4.36. The van der Waals surface area contributed by atoms with Gasteiger partial charge in [0.15, 0.2) is 0 Å². The molecule has 0 spiro atoms. The predicted molar refractivity (Wildman–Crippen MR) is 126 cm³/mol. The molecule has 2 saturated heterocycles. The van der Waals surface area contributed by atoms with Gasteiger partial charge in [-0.15, -0.1) is 0 Å². The molecular formula is C23H27BrF6N4O3. The van der Waals surface area contributed by atoms with E-state index in [2.05, 4.69) is 26.1 Å². The van der Waals surface area contributed by atoms with E-state index in [9.17, 15) is 40.7 Å². The number of benzene rings is 1. The van der Waals surface area contributed by atoms with E-state index in [4.69, 9.17) is 0 Å². The van der Waals surface area contributed by atoms with Crippen LogP contribution in [-0.4, -0.2) is 91.1 Å². The second-order valence-corrected chi connectivity index (χ2v) is 10.3. The van der Waals surface area contributed by atoms with Crippen LogP contribution in [0.25, 0.3) is 0 Å². The zero-order chi connectivity index (χ0) is 27.5. The van der Waals surface area contributed by atoms with Crippen LogP contribution in [-0.2, 0) is 9.59 Å². The molecule has 1 N–H and O–H groups in total. The van der Waals surface area contributed by atoms with Gasteiger partial charge in [0, 0.05) is 56.6 Å². The monoisotopic (exact) mass is 600 g/mol. The summed E-state index contributed by atoms with van der Waals surface area (Å²) in [7, 11) is 1.93. The van der Waals surface area contributed by atoms with Gasteiger partial charge in [-0.25, -0.2) is 0 Å². The SMILES string of the molecule is CN1CCN(C(=O)CCC(=O)Nc2ccc(Br)cc2C(=O)N2C[C@H](C(F)(F)F)C[C@H](C(F)(F)F)C2)CC1. The molecule has 3 amide bonds. The van der Waals surface area contributed by atoms with Gasteiger partial charge in [-0.3, -0.25) is 14.4 Å². The van der Waals surface area contributed by atoms with Gasteiger partial charge in [0.2, 0.25) is 11.8 Å². The van der Waals surface area contributed by atoms with Crippen LogP contribution in [0.3, 0.4) is 0 Å². The topological polar surface area (TPSA) is 73.0 Å². The van der Waals surface area contributed by atoms with E-state index in [0.717, 1.165) is 0 Å². The highest BCUT2D eigenvalue weighted by atomic mass is 79.9. The number of nitrogens with one attached hydrogen (secondary N) is 1. The fraction of sp³-hybridized carbons (Fsp3) is 0.609. The average Bonchev–Trinajstić information content (AvgIpc) is 2.82. The normalized spacial score (nSPS) is 21.6. The van der Waals surface area contributed by atoms with Crippen LogP contribution >= 0.6 is 15.9 Å². The minimum atomic E-state index is -4.91. The molecule has 1 aromatic carbocycles. The number of likely N-dealkylation sites (N-methyl/N-ethyl adjacent to an activating group) is 1. The summed E-state index contributed by atoms with van der Waals surface area (Å²) in [5.41, 5.74) is -0.320. The number of hydrogen-bond donors (Lipinski definition) is 1. The molecule has 206 valence electrons. The van der Waals surface area contributed by atoms with Crippen LogP contribution in [0.2, 0.25) is 0 Å². The largest absolute Gasteiger partial charge is 0.393 e. The summed E-state index contributed by atoms with van der Waals surface area (Å²) in [6.07, 6.45) is -11.3. The molecule has 14 heteroatoms. The Bertz CT molecular complexity index is 989. The predicted octanol–water partition coefficient (Wildman–Crippen LogP) is 4.14. The summed E-state index contributed by atoms with van der Waals surface area (Å²) in [5, 5.41) is 2.48. The number of amides is 3. The summed E-state index contributed by atoms with van der Waals surface area (Å²) in [6.45, 7) is 0.654. The molecule has 0 unspecified atom stereocenters. The van der Waals surface area contributed by atoms with Crippen molar-refractivity contribution in [2.75, 3.05) is 51.6 Å². The summed E-state index contributed by atoms with van der Waals surface area (Å²) in [5.74, 6) is -6.54. The summed E-state index contributed by atoms with van der Waals surface area (Å²) in [4.78, 5) is 42.3. The first-order chi connectivity index (χ1) is 17.1. The number of halogens is 7. The van der Waals surface area contributed by atoms with Gasteiger partial charge in [0.1, 0.15) is 0 Å². The van der Waals surface area contributed by atoms with Gasteiger partial charge in [0.25, 0.3) is 5.91 Å². The molecule has 0 saturated carbocycles. The second-order valence-electron chi connectivity index (χ2n) is 9.35. The quantitative estimate of drug-likeness (QED) is 0.516. The van der Waals surface area contributed by atoms with Gasteiger partial charge in [0.05, 0.1) is 23.1 Å². The van der Waals surface area contributed by atoms with Crippen molar-refractivity contribution in [1.82, 2.24) is 14.7 Å². The Morgan fingerprint density at radius 1 is 0.919 bits per heavy atom. The first-order valence-electron chi connectivity index (χ1n) is 11.6. The summed E-state index contributed by atoms with van der Waals surface area (Å²) in [6, 6.07) is 4.02. The molecule has 1 aromatic rings. The smallest absolute Gasteiger partial charge is 0.340 e. The molecular weight excluding hydrogens is 574 g/mol. The maximum absolute atomic E-state index is 13.4. The van der Waals surface area contributed by atoms with Gasteiger partial charge >= 0.3 is 12.4 Å². The number of likely N-dealkylation sites (tertiary alicyclic amines) is 1.